The van der Waals surface area contributed by atoms with Crippen LogP contribution in [-0.2, 0) is 0 Å². The van der Waals surface area contributed by atoms with Crippen LogP contribution in [0.5, 0.6) is 11.5 Å². The van der Waals surface area contributed by atoms with Gasteiger partial charge in [-0.05, 0) is 12.1 Å². The molecule has 0 atom stereocenters. The molecule has 0 aliphatic rings. The highest BCUT2D eigenvalue weighted by Gasteiger charge is 2.13. The van der Waals surface area contributed by atoms with E-state index in [0.717, 1.165) is 0 Å². The number of carbonyl (C=O) groups excluding carboxylic acids is 1. The van der Waals surface area contributed by atoms with Crippen LogP contribution in [0.2, 0.25) is 0 Å². The Morgan fingerprint density at radius 2 is 2.00 bits per heavy atom. The third kappa shape index (κ3) is 3.71. The minimum atomic E-state index is -0.0442. The van der Waals surface area contributed by atoms with Gasteiger partial charge < -0.3 is 15.2 Å². The van der Waals surface area contributed by atoms with E-state index in [1.165, 1.54) is 7.11 Å². The second-order valence-electron chi connectivity index (χ2n) is 3.46. The van der Waals surface area contributed by atoms with Crippen molar-refractivity contribution >= 4 is 23.0 Å². The first kappa shape index (κ1) is 13.4. The zero-order valence-corrected chi connectivity index (χ0v) is 10.7. The lowest BCUT2D eigenvalue weighted by Crippen LogP contribution is -2.11. The van der Waals surface area contributed by atoms with E-state index in [0.29, 0.717) is 28.5 Å². The van der Waals surface area contributed by atoms with E-state index >= 15 is 0 Å². The Bertz CT molecular complexity index is 432. The molecule has 4 nitrogen and oxygen atoms in total. The molecule has 1 aromatic rings. The fourth-order valence-electron chi connectivity index (χ4n) is 1.40. The van der Waals surface area contributed by atoms with Crippen LogP contribution in [0.3, 0.4) is 0 Å². The third-order valence-corrected chi connectivity index (χ3v) is 2.51. The lowest BCUT2D eigenvalue weighted by molar-refractivity contribution is 0.0982. The quantitative estimate of drug-likeness (QED) is 0.620. The van der Waals surface area contributed by atoms with Crippen LogP contribution in [0.25, 0.3) is 0 Å². The molecule has 1 aromatic carbocycles. The monoisotopic (exact) mass is 253 g/mol. The Hall–Kier alpha value is -1.62. The summed E-state index contributed by atoms with van der Waals surface area (Å²) in [5, 5.41) is 0. The van der Waals surface area contributed by atoms with Gasteiger partial charge in [0.2, 0.25) is 0 Å². The van der Waals surface area contributed by atoms with Gasteiger partial charge in [-0.15, -0.1) is 0 Å². The minimum absolute atomic E-state index is 0.0442. The molecular weight excluding hydrogens is 238 g/mol. The molecule has 17 heavy (non-hydrogen) atoms. The minimum Gasteiger partial charge on any atom is -0.497 e. The third-order valence-electron chi connectivity index (χ3n) is 2.31. The summed E-state index contributed by atoms with van der Waals surface area (Å²) >= 11 is 4.74. The molecular formula is C12H15NO3S. The van der Waals surface area contributed by atoms with Crippen molar-refractivity contribution < 1.29 is 14.3 Å². The summed E-state index contributed by atoms with van der Waals surface area (Å²) in [6, 6.07) is 5.07. The normalized spacial score (nSPS) is 9.76. The molecule has 0 heterocycles. The zero-order chi connectivity index (χ0) is 12.8. The summed E-state index contributed by atoms with van der Waals surface area (Å²) in [6.45, 7) is 0. The number of thiocarbonyl (C=S) groups is 1. The molecule has 0 spiro atoms. The fourth-order valence-corrected chi connectivity index (χ4v) is 1.50. The maximum absolute atomic E-state index is 11.9. The summed E-state index contributed by atoms with van der Waals surface area (Å²) in [5.74, 6) is 1.10. The zero-order valence-electron chi connectivity index (χ0n) is 9.86. The first-order valence-corrected chi connectivity index (χ1v) is 5.53. The molecule has 0 saturated carbocycles. The lowest BCUT2D eigenvalue weighted by atomic mass is 10.1. The number of rotatable bonds is 6. The van der Waals surface area contributed by atoms with Crippen molar-refractivity contribution in [2.45, 2.75) is 12.8 Å². The van der Waals surface area contributed by atoms with Crippen LogP contribution < -0.4 is 15.2 Å². The number of methoxy groups -OCH3 is 2. The Balaban J connectivity index is 2.89. The smallest absolute Gasteiger partial charge is 0.167 e. The van der Waals surface area contributed by atoms with Gasteiger partial charge in [0.25, 0.3) is 0 Å². The number of benzene rings is 1. The van der Waals surface area contributed by atoms with E-state index in [1.54, 1.807) is 25.3 Å². The number of ether oxygens (including phenoxy) is 2. The second-order valence-corrected chi connectivity index (χ2v) is 3.98. The molecule has 1 rings (SSSR count). The van der Waals surface area contributed by atoms with E-state index in [4.69, 9.17) is 27.4 Å². The highest BCUT2D eigenvalue weighted by molar-refractivity contribution is 7.80. The summed E-state index contributed by atoms with van der Waals surface area (Å²) in [7, 11) is 3.07. The van der Waals surface area contributed by atoms with Gasteiger partial charge in [-0.2, -0.15) is 0 Å². The predicted molar refractivity (Wildman–Crippen MR) is 69.9 cm³/mol. The number of hydrogen-bond acceptors (Lipinski definition) is 4. The summed E-state index contributed by atoms with van der Waals surface area (Å²) < 4.78 is 10.2. The molecule has 0 bridgehead atoms. The van der Waals surface area contributed by atoms with Crippen LogP contribution in [0, 0.1) is 0 Å². The van der Waals surface area contributed by atoms with Crippen molar-refractivity contribution in [1.29, 1.82) is 0 Å². The second kappa shape index (κ2) is 6.20. The van der Waals surface area contributed by atoms with Gasteiger partial charge >= 0.3 is 0 Å². The Morgan fingerprint density at radius 3 is 2.53 bits per heavy atom. The van der Waals surface area contributed by atoms with Gasteiger partial charge in [-0.1, -0.05) is 12.2 Å². The first-order valence-electron chi connectivity index (χ1n) is 5.12. The molecule has 0 fully saturated rings. The van der Waals surface area contributed by atoms with Gasteiger partial charge in [0.15, 0.2) is 5.78 Å². The molecule has 92 valence electrons. The van der Waals surface area contributed by atoms with Crippen molar-refractivity contribution in [3.63, 3.8) is 0 Å². The first-order chi connectivity index (χ1) is 8.08. The molecule has 0 aliphatic heterocycles. The van der Waals surface area contributed by atoms with Gasteiger partial charge in [-0.25, -0.2) is 0 Å². The van der Waals surface area contributed by atoms with Crippen molar-refractivity contribution in [3.8, 4) is 11.5 Å². The molecule has 0 saturated heterocycles. The standard InChI is InChI=1S/C12H15NO3S/c1-15-8-3-4-9(11(7-8)16-2)10(14)5-6-12(13)17/h3-4,7H,5-6H2,1-2H3,(H2,13,17). The van der Waals surface area contributed by atoms with Crippen molar-refractivity contribution in [2.24, 2.45) is 5.73 Å². The Labute approximate surface area is 106 Å². The summed E-state index contributed by atoms with van der Waals surface area (Å²) in [6.07, 6.45) is 0.696. The van der Waals surface area contributed by atoms with E-state index < -0.39 is 0 Å². The molecule has 5 heteroatoms. The van der Waals surface area contributed by atoms with Crippen LogP contribution in [0.4, 0.5) is 0 Å². The predicted octanol–water partition coefficient (Wildman–Crippen LogP) is 1.95. The number of carbonyl (C=O) groups is 1. The van der Waals surface area contributed by atoms with E-state index in [-0.39, 0.29) is 12.2 Å². The lowest BCUT2D eigenvalue weighted by Gasteiger charge is -2.09. The highest BCUT2D eigenvalue weighted by atomic mass is 32.1. The number of Topliss-reactive ketones (excluding diaryl/α,β-unsaturated/α-hetero) is 1. The van der Waals surface area contributed by atoms with E-state index in [1.807, 2.05) is 0 Å². The van der Waals surface area contributed by atoms with E-state index in [2.05, 4.69) is 0 Å². The Kier molecular flexibility index (Phi) is 4.90. The highest BCUT2D eigenvalue weighted by Crippen LogP contribution is 2.25. The molecule has 0 aromatic heterocycles. The van der Waals surface area contributed by atoms with Crippen LogP contribution in [0.1, 0.15) is 23.2 Å². The van der Waals surface area contributed by atoms with Crippen molar-refractivity contribution in [3.05, 3.63) is 23.8 Å². The van der Waals surface area contributed by atoms with Crippen LogP contribution in [0.15, 0.2) is 18.2 Å². The van der Waals surface area contributed by atoms with Gasteiger partial charge in [0.05, 0.1) is 24.8 Å². The topological polar surface area (TPSA) is 61.5 Å². The Morgan fingerprint density at radius 1 is 1.29 bits per heavy atom. The molecule has 0 radical (unpaired) electrons. The maximum atomic E-state index is 11.9. The average Bonchev–Trinajstić information content (AvgIpc) is 2.34. The molecule has 0 amide bonds. The van der Waals surface area contributed by atoms with Crippen LogP contribution >= 0.6 is 12.2 Å². The van der Waals surface area contributed by atoms with Gasteiger partial charge in [0.1, 0.15) is 11.5 Å². The maximum Gasteiger partial charge on any atom is 0.167 e. The van der Waals surface area contributed by atoms with Crippen LogP contribution in [-0.4, -0.2) is 25.0 Å². The van der Waals surface area contributed by atoms with E-state index in [9.17, 15) is 4.79 Å². The van der Waals surface area contributed by atoms with Gasteiger partial charge in [0, 0.05) is 18.9 Å². The van der Waals surface area contributed by atoms with Crippen molar-refractivity contribution in [2.75, 3.05) is 14.2 Å². The number of nitrogens with two attached hydrogens (primary N) is 1. The SMILES string of the molecule is COc1ccc(C(=O)CCC(N)=S)c(OC)c1. The molecule has 2 N–H and O–H groups in total. The summed E-state index contributed by atoms with van der Waals surface area (Å²) in [5.41, 5.74) is 5.88. The summed E-state index contributed by atoms with van der Waals surface area (Å²) in [4.78, 5) is 12.2. The molecule has 0 aliphatic carbocycles. The largest absolute Gasteiger partial charge is 0.497 e. The number of ketones is 1. The average molecular weight is 253 g/mol. The van der Waals surface area contributed by atoms with Gasteiger partial charge in [-0.3, -0.25) is 4.79 Å². The van der Waals surface area contributed by atoms with Crippen molar-refractivity contribution in [1.82, 2.24) is 0 Å². The molecule has 0 unspecified atom stereocenters. The number of hydrogen-bond donors (Lipinski definition) is 1. The fraction of sp³-hybridized carbons (Fsp3) is 0.333.